The van der Waals surface area contributed by atoms with E-state index in [1.165, 1.54) is 23.5 Å². The topological polar surface area (TPSA) is 64.9 Å². The lowest BCUT2D eigenvalue weighted by Gasteiger charge is -2.08. The first kappa shape index (κ1) is 18.9. The second-order valence-electron chi connectivity index (χ2n) is 6.31. The zero-order valence-corrected chi connectivity index (χ0v) is 16.6. The highest BCUT2D eigenvalue weighted by atomic mass is 32.1. The Labute approximate surface area is 170 Å². The lowest BCUT2D eigenvalue weighted by atomic mass is 10.1. The van der Waals surface area contributed by atoms with Crippen LogP contribution < -0.4 is 14.8 Å². The van der Waals surface area contributed by atoms with Crippen LogP contribution in [0.5, 0.6) is 11.5 Å². The molecule has 2 aromatic carbocycles. The molecule has 2 heterocycles. The highest BCUT2D eigenvalue weighted by molar-refractivity contribution is 7.15. The van der Waals surface area contributed by atoms with Crippen molar-refractivity contribution in [3.05, 3.63) is 65.6 Å². The molecule has 0 aliphatic rings. The van der Waals surface area contributed by atoms with Gasteiger partial charge < -0.3 is 14.8 Å². The van der Waals surface area contributed by atoms with E-state index >= 15 is 0 Å². The molecule has 0 fully saturated rings. The largest absolute Gasteiger partial charge is 0.497 e. The number of amides is 1. The number of nitrogens with zero attached hydrogens (tertiary/aromatic N) is 2. The Morgan fingerprint density at radius 2 is 2.07 bits per heavy atom. The summed E-state index contributed by atoms with van der Waals surface area (Å²) in [4.78, 5) is 17.8. The molecule has 4 rings (SSSR count). The van der Waals surface area contributed by atoms with E-state index in [0.29, 0.717) is 17.2 Å². The van der Waals surface area contributed by atoms with Gasteiger partial charge in [-0.1, -0.05) is 6.07 Å². The number of hydrogen-bond donors (Lipinski definition) is 1. The van der Waals surface area contributed by atoms with E-state index < -0.39 is 5.82 Å². The summed E-state index contributed by atoms with van der Waals surface area (Å²) in [6.07, 6.45) is 2.01. The summed E-state index contributed by atoms with van der Waals surface area (Å²) in [5, 5.41) is 4.60. The molecule has 0 spiro atoms. The van der Waals surface area contributed by atoms with Gasteiger partial charge in [0.05, 0.1) is 26.3 Å². The molecule has 148 valence electrons. The maximum Gasteiger partial charge on any atom is 0.230 e. The Morgan fingerprint density at radius 1 is 1.21 bits per heavy atom. The molecule has 6 nitrogen and oxygen atoms in total. The van der Waals surface area contributed by atoms with Crippen LogP contribution in [0.1, 0.15) is 5.69 Å². The summed E-state index contributed by atoms with van der Waals surface area (Å²) in [7, 11) is 3.21. The Kier molecular flexibility index (Phi) is 5.18. The molecule has 0 saturated carbocycles. The number of methoxy groups -OCH3 is 2. The summed E-state index contributed by atoms with van der Waals surface area (Å²) in [5.41, 5.74) is 2.74. The van der Waals surface area contributed by atoms with Crippen molar-refractivity contribution in [2.75, 3.05) is 19.5 Å². The van der Waals surface area contributed by atoms with Gasteiger partial charge in [0.15, 0.2) is 4.96 Å². The molecular formula is C21H18FN3O3S. The molecular weight excluding hydrogens is 393 g/mol. The fourth-order valence-electron chi connectivity index (χ4n) is 3.04. The smallest absolute Gasteiger partial charge is 0.230 e. The van der Waals surface area contributed by atoms with Gasteiger partial charge in [-0.05, 0) is 36.4 Å². The number of ether oxygens (including phenoxy) is 2. The third-order valence-corrected chi connectivity index (χ3v) is 5.30. The van der Waals surface area contributed by atoms with Crippen LogP contribution in [0.3, 0.4) is 0 Å². The van der Waals surface area contributed by atoms with E-state index in [2.05, 4.69) is 10.3 Å². The van der Waals surface area contributed by atoms with E-state index in [0.717, 1.165) is 21.9 Å². The van der Waals surface area contributed by atoms with Crippen molar-refractivity contribution in [3.63, 3.8) is 0 Å². The minimum absolute atomic E-state index is 0.140. The number of aromatic nitrogens is 2. The van der Waals surface area contributed by atoms with Crippen molar-refractivity contribution < 1.29 is 18.7 Å². The van der Waals surface area contributed by atoms with E-state index in [-0.39, 0.29) is 12.3 Å². The quantitative estimate of drug-likeness (QED) is 0.511. The fourth-order valence-corrected chi connectivity index (χ4v) is 3.91. The summed E-state index contributed by atoms with van der Waals surface area (Å²) < 4.78 is 25.9. The summed E-state index contributed by atoms with van der Waals surface area (Å²) in [6, 6.07) is 11.3. The molecule has 29 heavy (non-hydrogen) atoms. The minimum atomic E-state index is -0.396. The first-order valence-electron chi connectivity index (χ1n) is 8.80. The number of rotatable bonds is 6. The Morgan fingerprint density at radius 3 is 2.83 bits per heavy atom. The lowest BCUT2D eigenvalue weighted by Crippen LogP contribution is -2.15. The number of carbonyl (C=O) groups excluding carboxylic acids is 1. The van der Waals surface area contributed by atoms with Gasteiger partial charge in [0.1, 0.15) is 17.3 Å². The maximum atomic E-state index is 13.3. The molecule has 4 aromatic rings. The normalized spacial score (nSPS) is 10.9. The van der Waals surface area contributed by atoms with Crippen molar-refractivity contribution in [2.24, 2.45) is 0 Å². The number of halogens is 1. The third-order valence-electron chi connectivity index (χ3n) is 4.42. The average molecular weight is 411 g/mol. The average Bonchev–Trinajstić information content (AvgIpc) is 3.29. The lowest BCUT2D eigenvalue weighted by molar-refractivity contribution is -0.115. The number of fused-ring (bicyclic) bond motifs is 1. The first-order chi connectivity index (χ1) is 14.1. The maximum absolute atomic E-state index is 13.3. The molecule has 8 heteroatoms. The van der Waals surface area contributed by atoms with Crippen molar-refractivity contribution in [1.82, 2.24) is 9.38 Å². The number of benzene rings is 2. The zero-order chi connectivity index (χ0) is 20.4. The number of carbonyl (C=O) groups is 1. The summed E-state index contributed by atoms with van der Waals surface area (Å²) >= 11 is 1.44. The Bertz CT molecular complexity index is 1190. The number of hydrogen-bond acceptors (Lipinski definition) is 5. The van der Waals surface area contributed by atoms with Gasteiger partial charge in [0, 0.05) is 28.5 Å². The van der Waals surface area contributed by atoms with Crippen molar-refractivity contribution in [3.8, 4) is 22.8 Å². The monoisotopic (exact) mass is 411 g/mol. The number of imidazole rings is 1. The zero-order valence-electron chi connectivity index (χ0n) is 15.8. The van der Waals surface area contributed by atoms with Crippen molar-refractivity contribution >= 4 is 27.9 Å². The third kappa shape index (κ3) is 3.93. The number of nitrogens with one attached hydrogen (secondary N) is 1. The van der Waals surface area contributed by atoms with Crippen LogP contribution in [0.4, 0.5) is 10.1 Å². The van der Waals surface area contributed by atoms with Gasteiger partial charge in [0.2, 0.25) is 5.91 Å². The van der Waals surface area contributed by atoms with Crippen LogP contribution in [0, 0.1) is 5.82 Å². The second kappa shape index (κ2) is 7.92. The van der Waals surface area contributed by atoms with Crippen LogP contribution >= 0.6 is 11.3 Å². The van der Waals surface area contributed by atoms with Crippen molar-refractivity contribution in [2.45, 2.75) is 6.42 Å². The molecule has 2 aromatic heterocycles. The number of thiazole rings is 1. The van der Waals surface area contributed by atoms with Gasteiger partial charge in [-0.2, -0.15) is 0 Å². The molecule has 0 saturated heterocycles. The summed E-state index contributed by atoms with van der Waals surface area (Å²) in [5.74, 6) is 0.755. The Balaban J connectivity index is 1.60. The highest BCUT2D eigenvalue weighted by Crippen LogP contribution is 2.34. The van der Waals surface area contributed by atoms with Crippen LogP contribution in [0.25, 0.3) is 16.2 Å². The van der Waals surface area contributed by atoms with Crippen LogP contribution in [-0.4, -0.2) is 29.5 Å². The standard InChI is InChI=1S/C21H18FN3O3S/c1-27-16-6-7-19(28-2)17(10-16)18-11-25-15(12-29-21(25)24-18)9-20(26)23-14-5-3-4-13(22)8-14/h3-8,10-12H,9H2,1-2H3,(H,23,26). The molecule has 0 bridgehead atoms. The van der Waals surface area contributed by atoms with Gasteiger partial charge >= 0.3 is 0 Å². The first-order valence-corrected chi connectivity index (χ1v) is 9.68. The van der Waals surface area contributed by atoms with Crippen molar-refractivity contribution in [1.29, 1.82) is 0 Å². The van der Waals surface area contributed by atoms with Crippen LogP contribution in [0.15, 0.2) is 54.0 Å². The van der Waals surface area contributed by atoms with E-state index in [1.54, 1.807) is 26.4 Å². The molecule has 0 unspecified atom stereocenters. The molecule has 1 N–H and O–H groups in total. The van der Waals surface area contributed by atoms with Gasteiger partial charge in [-0.3, -0.25) is 9.20 Å². The number of anilines is 1. The van der Waals surface area contributed by atoms with E-state index in [4.69, 9.17) is 9.47 Å². The second-order valence-corrected chi connectivity index (χ2v) is 7.14. The predicted octanol–water partition coefficient (Wildman–Crippen LogP) is 4.40. The van der Waals surface area contributed by atoms with Gasteiger partial charge in [-0.25, -0.2) is 9.37 Å². The molecule has 0 aliphatic heterocycles. The van der Waals surface area contributed by atoms with E-state index in [1.807, 2.05) is 34.2 Å². The van der Waals surface area contributed by atoms with Crippen LogP contribution in [-0.2, 0) is 11.2 Å². The molecule has 0 atom stereocenters. The van der Waals surface area contributed by atoms with Crippen LogP contribution in [0.2, 0.25) is 0 Å². The minimum Gasteiger partial charge on any atom is -0.497 e. The molecule has 0 aliphatic carbocycles. The SMILES string of the molecule is COc1ccc(OC)c(-c2cn3c(CC(=O)Nc4cccc(F)c4)csc3n2)c1. The van der Waals surface area contributed by atoms with E-state index in [9.17, 15) is 9.18 Å². The Hall–Kier alpha value is -3.39. The highest BCUT2D eigenvalue weighted by Gasteiger charge is 2.16. The fraction of sp³-hybridized carbons (Fsp3) is 0.143. The predicted molar refractivity (Wildman–Crippen MR) is 110 cm³/mol. The van der Waals surface area contributed by atoms with Gasteiger partial charge in [0.25, 0.3) is 0 Å². The molecule has 1 amide bonds. The van der Waals surface area contributed by atoms with Gasteiger partial charge in [-0.15, -0.1) is 11.3 Å². The summed E-state index contributed by atoms with van der Waals surface area (Å²) in [6.45, 7) is 0. The molecule has 0 radical (unpaired) electrons.